The van der Waals surface area contributed by atoms with E-state index in [9.17, 15) is 20.1 Å². The smallest absolute Gasteiger partial charge is 0.250 e. The van der Waals surface area contributed by atoms with Crippen LogP contribution < -0.4 is 5.32 Å². The van der Waals surface area contributed by atoms with E-state index in [4.69, 9.17) is 0 Å². The van der Waals surface area contributed by atoms with Crippen LogP contribution in [0.2, 0.25) is 0 Å². The van der Waals surface area contributed by atoms with E-state index in [0.29, 0.717) is 5.56 Å². The molecule has 0 aromatic heterocycles. The highest BCUT2D eigenvalue weighted by atomic mass is 16.2. The van der Waals surface area contributed by atoms with Crippen LogP contribution in [0, 0.1) is 40.4 Å². The number of hydrogen-bond donors (Lipinski definition) is 1. The monoisotopic (exact) mass is 251 g/mol. The molecule has 2 aliphatic rings. The summed E-state index contributed by atoms with van der Waals surface area (Å²) in [5, 5.41) is 20.8. The molecule has 0 radical (unpaired) electrons. The number of carbonyl (C=O) groups is 2. The molecule has 2 amide bonds. The van der Waals surface area contributed by atoms with E-state index in [0.717, 1.165) is 5.56 Å². The zero-order valence-electron chi connectivity index (χ0n) is 10.1. The summed E-state index contributed by atoms with van der Waals surface area (Å²) < 4.78 is 0. The van der Waals surface area contributed by atoms with Crippen molar-refractivity contribution in [2.75, 3.05) is 0 Å². The topological polar surface area (TPSA) is 93.8 Å². The van der Waals surface area contributed by atoms with Gasteiger partial charge in [-0.2, -0.15) is 10.5 Å². The number of fused-ring (bicyclic) bond motifs is 1. The third-order valence-electron chi connectivity index (χ3n) is 4.08. The van der Waals surface area contributed by atoms with Gasteiger partial charge in [0.15, 0.2) is 10.8 Å². The van der Waals surface area contributed by atoms with Crippen molar-refractivity contribution >= 4 is 11.8 Å². The molecule has 3 rings (SSSR count). The third kappa shape index (κ3) is 0.996. The van der Waals surface area contributed by atoms with Crippen LogP contribution in [0.4, 0.5) is 0 Å². The number of hydrogen-bond acceptors (Lipinski definition) is 4. The molecule has 19 heavy (non-hydrogen) atoms. The largest absolute Gasteiger partial charge is 0.293 e. The molecular formula is C14H9N3O2. The highest BCUT2D eigenvalue weighted by Crippen LogP contribution is 2.76. The van der Waals surface area contributed by atoms with Crippen LogP contribution >= 0.6 is 0 Å². The van der Waals surface area contributed by atoms with Crippen LogP contribution in [0.15, 0.2) is 24.3 Å². The summed E-state index contributed by atoms with van der Waals surface area (Å²) in [6.07, 6.45) is 0. The number of rotatable bonds is 1. The summed E-state index contributed by atoms with van der Waals surface area (Å²) in [5.41, 5.74) is -1.48. The second-order valence-electron chi connectivity index (χ2n) is 4.97. The number of nitriles is 2. The zero-order chi connectivity index (χ0) is 13.8. The quantitative estimate of drug-likeness (QED) is 0.746. The highest BCUT2D eigenvalue weighted by Gasteiger charge is 2.90. The number of imide groups is 1. The molecule has 1 N–H and O–H groups in total. The summed E-state index contributed by atoms with van der Waals surface area (Å²) in [6.45, 7) is 1.88. The van der Waals surface area contributed by atoms with Crippen molar-refractivity contribution < 1.29 is 9.59 Å². The van der Waals surface area contributed by atoms with Crippen LogP contribution in [-0.2, 0) is 9.59 Å². The van der Waals surface area contributed by atoms with Gasteiger partial charge in [0, 0.05) is 5.92 Å². The van der Waals surface area contributed by atoms with Gasteiger partial charge in [-0.1, -0.05) is 29.8 Å². The first-order valence-electron chi connectivity index (χ1n) is 5.79. The molecule has 5 nitrogen and oxygen atoms in total. The highest BCUT2D eigenvalue weighted by molar-refractivity contribution is 6.19. The van der Waals surface area contributed by atoms with Crippen molar-refractivity contribution in [3.05, 3.63) is 35.4 Å². The minimum absolute atomic E-state index is 0.659. The minimum atomic E-state index is -1.56. The lowest BCUT2D eigenvalue weighted by Gasteiger charge is -2.08. The predicted octanol–water partition coefficient (Wildman–Crippen LogP) is 0.769. The van der Waals surface area contributed by atoms with Gasteiger partial charge in [0.1, 0.15) is 0 Å². The van der Waals surface area contributed by atoms with Crippen LogP contribution in [0.3, 0.4) is 0 Å². The molecule has 92 valence electrons. The van der Waals surface area contributed by atoms with Crippen LogP contribution in [0.1, 0.15) is 17.0 Å². The molecule has 1 aromatic rings. The molecular weight excluding hydrogens is 242 g/mol. The zero-order valence-corrected chi connectivity index (χ0v) is 10.1. The van der Waals surface area contributed by atoms with Gasteiger partial charge >= 0.3 is 0 Å². The predicted molar refractivity (Wildman–Crippen MR) is 63.2 cm³/mol. The maximum absolute atomic E-state index is 11.9. The molecule has 2 fully saturated rings. The van der Waals surface area contributed by atoms with E-state index in [1.165, 1.54) is 0 Å². The molecule has 1 unspecified atom stereocenters. The second-order valence-corrected chi connectivity index (χ2v) is 4.97. The average molecular weight is 251 g/mol. The van der Waals surface area contributed by atoms with E-state index >= 15 is 0 Å². The van der Waals surface area contributed by atoms with E-state index in [1.54, 1.807) is 12.1 Å². The molecule has 5 heteroatoms. The number of nitrogens with zero attached hydrogens (tertiary/aromatic N) is 2. The standard InChI is InChI=1S/C14H9N3O2/c1-8-3-2-4-9(5-8)10-13(6-15)11(18)17-12(19)14(10,13)7-16/h2-5,10H,1H3,(H,17,18,19)/t10?,13-,14+. The fraction of sp³-hybridized carbons (Fsp3) is 0.286. The van der Waals surface area contributed by atoms with Crippen molar-refractivity contribution in [2.24, 2.45) is 10.8 Å². The molecule has 1 heterocycles. The van der Waals surface area contributed by atoms with Gasteiger partial charge < -0.3 is 0 Å². The van der Waals surface area contributed by atoms with Crippen LogP contribution in [0.5, 0.6) is 0 Å². The van der Waals surface area contributed by atoms with Crippen molar-refractivity contribution in [2.45, 2.75) is 12.8 Å². The van der Waals surface area contributed by atoms with Gasteiger partial charge in [-0.25, -0.2) is 0 Å². The number of carbonyl (C=O) groups excluding carboxylic acids is 2. The van der Waals surface area contributed by atoms with Gasteiger partial charge in [-0.05, 0) is 12.5 Å². The van der Waals surface area contributed by atoms with Gasteiger partial charge in [0.25, 0.3) is 0 Å². The number of nitrogens with one attached hydrogen (secondary N) is 1. The lowest BCUT2D eigenvalue weighted by Crippen LogP contribution is -2.31. The number of piperidine rings is 1. The molecule has 1 aromatic carbocycles. The molecule has 0 spiro atoms. The normalized spacial score (nSPS) is 35.0. The first-order valence-corrected chi connectivity index (χ1v) is 5.79. The fourth-order valence-corrected chi connectivity index (χ4v) is 3.15. The maximum Gasteiger partial charge on any atom is 0.250 e. The molecule has 1 aliphatic carbocycles. The van der Waals surface area contributed by atoms with Gasteiger partial charge in [0.2, 0.25) is 11.8 Å². The van der Waals surface area contributed by atoms with Gasteiger partial charge in [-0.15, -0.1) is 0 Å². The Morgan fingerprint density at radius 2 is 1.74 bits per heavy atom. The Morgan fingerprint density at radius 3 is 2.21 bits per heavy atom. The molecule has 0 bridgehead atoms. The van der Waals surface area contributed by atoms with E-state index in [2.05, 4.69) is 5.32 Å². The first kappa shape index (κ1) is 11.4. The van der Waals surface area contributed by atoms with Crippen LogP contribution in [0.25, 0.3) is 0 Å². The first-order chi connectivity index (χ1) is 9.04. The van der Waals surface area contributed by atoms with E-state index < -0.39 is 28.6 Å². The minimum Gasteiger partial charge on any atom is -0.293 e. The summed E-state index contributed by atoms with van der Waals surface area (Å²) in [4.78, 5) is 23.8. The Kier molecular flexibility index (Phi) is 1.93. The molecule has 1 aliphatic heterocycles. The molecule has 1 saturated carbocycles. The number of benzene rings is 1. The van der Waals surface area contributed by atoms with Crippen molar-refractivity contribution in [1.82, 2.24) is 5.32 Å². The Hall–Kier alpha value is -2.66. The summed E-state index contributed by atoms with van der Waals surface area (Å²) in [5.74, 6) is -1.99. The summed E-state index contributed by atoms with van der Waals surface area (Å²) in [7, 11) is 0. The number of amides is 2. The van der Waals surface area contributed by atoms with Gasteiger partial charge in [0.05, 0.1) is 12.1 Å². The Morgan fingerprint density at radius 1 is 1.16 bits per heavy atom. The summed E-state index contributed by atoms with van der Waals surface area (Å²) >= 11 is 0. The van der Waals surface area contributed by atoms with Crippen molar-refractivity contribution in [3.63, 3.8) is 0 Å². The average Bonchev–Trinajstić information content (AvgIpc) is 2.96. The molecule has 3 atom stereocenters. The Labute approximate surface area is 109 Å². The Balaban J connectivity index is 2.21. The maximum atomic E-state index is 11.9. The lowest BCUT2D eigenvalue weighted by molar-refractivity contribution is -0.128. The van der Waals surface area contributed by atoms with Crippen molar-refractivity contribution in [3.8, 4) is 12.1 Å². The SMILES string of the molecule is Cc1cccc(C2[C@]3(C#N)C(=O)NC(=O)[C@]23C#N)c1. The van der Waals surface area contributed by atoms with E-state index in [-0.39, 0.29) is 0 Å². The van der Waals surface area contributed by atoms with E-state index in [1.807, 2.05) is 31.2 Å². The summed E-state index contributed by atoms with van der Waals surface area (Å²) in [6, 6.07) is 11.0. The third-order valence-corrected chi connectivity index (χ3v) is 4.08. The second kappa shape index (κ2) is 3.21. The van der Waals surface area contributed by atoms with Crippen molar-refractivity contribution in [1.29, 1.82) is 10.5 Å². The number of aryl methyl sites for hydroxylation is 1. The van der Waals surface area contributed by atoms with Gasteiger partial charge in [-0.3, -0.25) is 14.9 Å². The van der Waals surface area contributed by atoms with Crippen LogP contribution in [-0.4, -0.2) is 11.8 Å². The lowest BCUT2D eigenvalue weighted by atomic mass is 9.98. The Bertz CT molecular complexity index is 674. The fourth-order valence-electron chi connectivity index (χ4n) is 3.15. The molecule has 1 saturated heterocycles.